The third-order valence-electron chi connectivity index (χ3n) is 7.40. The van der Waals surface area contributed by atoms with E-state index < -0.39 is 5.97 Å². The standard InChI is InChI=1S/C34H35ClN2O7S2/c1-2-42-27-9-10-28(29(35)22-27)24-6-11-30(44-19-15-36-13-17-41-18-14-36)25(20-24)21-31-32(38)37(34(45)46-31)12-3-16-43-26-7-4-23(5-8-26)33(39)40/h4-11,20-22H,2-3,12-19H2,1H3,(H,39,40). The highest BCUT2D eigenvalue weighted by Gasteiger charge is 2.32. The largest absolute Gasteiger partial charge is 0.494 e. The van der Waals surface area contributed by atoms with Crippen molar-refractivity contribution in [1.82, 2.24) is 9.80 Å². The van der Waals surface area contributed by atoms with Gasteiger partial charge in [0.25, 0.3) is 5.91 Å². The highest BCUT2D eigenvalue weighted by atomic mass is 35.5. The first-order chi connectivity index (χ1) is 22.3. The number of carbonyl (C=O) groups is 2. The third kappa shape index (κ3) is 8.80. The number of carboxylic acids is 1. The van der Waals surface area contributed by atoms with E-state index in [2.05, 4.69) is 4.90 Å². The molecule has 0 atom stereocenters. The van der Waals surface area contributed by atoms with Gasteiger partial charge in [-0.3, -0.25) is 14.6 Å². The summed E-state index contributed by atoms with van der Waals surface area (Å²) in [7, 11) is 0. The SMILES string of the molecule is CCOc1ccc(-c2ccc(OCCN3CCOCC3)c(C=C3SC(=S)N(CCCOc4ccc(C(=O)O)cc4)C3=O)c2)c(Cl)c1. The lowest BCUT2D eigenvalue weighted by Gasteiger charge is -2.26. The Labute approximate surface area is 283 Å². The summed E-state index contributed by atoms with van der Waals surface area (Å²) in [6.45, 7) is 7.64. The van der Waals surface area contributed by atoms with Crippen molar-refractivity contribution in [3.8, 4) is 28.4 Å². The second kappa shape index (κ2) is 16.3. The highest BCUT2D eigenvalue weighted by Crippen LogP contribution is 2.38. The summed E-state index contributed by atoms with van der Waals surface area (Å²) in [5.41, 5.74) is 2.65. The first-order valence-electron chi connectivity index (χ1n) is 15.0. The maximum absolute atomic E-state index is 13.5. The van der Waals surface area contributed by atoms with Crippen LogP contribution in [-0.2, 0) is 9.53 Å². The molecule has 0 radical (unpaired) electrons. The minimum Gasteiger partial charge on any atom is -0.494 e. The molecule has 2 aliphatic heterocycles. The Morgan fingerprint density at radius 3 is 2.48 bits per heavy atom. The molecule has 12 heteroatoms. The van der Waals surface area contributed by atoms with Gasteiger partial charge >= 0.3 is 5.97 Å². The number of halogens is 1. The van der Waals surface area contributed by atoms with Crippen molar-refractivity contribution >= 4 is 57.9 Å². The zero-order valence-corrected chi connectivity index (χ0v) is 27.8. The van der Waals surface area contributed by atoms with Crippen LogP contribution in [0.4, 0.5) is 0 Å². The molecule has 2 aliphatic rings. The normalized spacial score (nSPS) is 16.2. The van der Waals surface area contributed by atoms with Crippen LogP contribution in [0.3, 0.4) is 0 Å². The lowest BCUT2D eigenvalue weighted by molar-refractivity contribution is -0.122. The van der Waals surface area contributed by atoms with Gasteiger partial charge in [-0.15, -0.1) is 0 Å². The zero-order chi connectivity index (χ0) is 32.5. The fraction of sp³-hybridized carbons (Fsp3) is 0.324. The number of ether oxygens (including phenoxy) is 4. The molecule has 2 heterocycles. The van der Waals surface area contributed by atoms with E-state index in [1.165, 1.54) is 23.9 Å². The number of thioether (sulfide) groups is 1. The number of hydrogen-bond acceptors (Lipinski definition) is 9. The Kier molecular flexibility index (Phi) is 11.9. The van der Waals surface area contributed by atoms with E-state index in [0.717, 1.165) is 49.5 Å². The topological polar surface area (TPSA) is 97.8 Å². The molecule has 2 fully saturated rings. The Balaban J connectivity index is 1.29. The van der Waals surface area contributed by atoms with Crippen molar-refractivity contribution in [1.29, 1.82) is 0 Å². The van der Waals surface area contributed by atoms with Crippen molar-refractivity contribution in [2.45, 2.75) is 13.3 Å². The average Bonchev–Trinajstić information content (AvgIpc) is 3.32. The van der Waals surface area contributed by atoms with Crippen LogP contribution in [0, 0.1) is 0 Å². The number of nitrogens with zero attached hydrogens (tertiary/aromatic N) is 2. The quantitative estimate of drug-likeness (QED) is 0.116. The van der Waals surface area contributed by atoms with Gasteiger partial charge in [0, 0.05) is 37.3 Å². The lowest BCUT2D eigenvalue weighted by atomic mass is 10.0. The summed E-state index contributed by atoms with van der Waals surface area (Å²) < 4.78 is 23.5. The monoisotopic (exact) mass is 682 g/mol. The molecule has 0 unspecified atom stereocenters. The summed E-state index contributed by atoms with van der Waals surface area (Å²) in [6.07, 6.45) is 2.37. The molecule has 3 aromatic rings. The molecular formula is C34H35ClN2O7S2. The number of benzene rings is 3. The molecule has 46 heavy (non-hydrogen) atoms. The third-order valence-corrected chi connectivity index (χ3v) is 9.09. The number of morpholine rings is 1. The minimum absolute atomic E-state index is 0.176. The van der Waals surface area contributed by atoms with Gasteiger partial charge in [0.15, 0.2) is 0 Å². The van der Waals surface area contributed by atoms with Gasteiger partial charge in [-0.2, -0.15) is 0 Å². The van der Waals surface area contributed by atoms with Gasteiger partial charge in [0.05, 0.1) is 41.9 Å². The molecule has 1 amide bonds. The van der Waals surface area contributed by atoms with Crippen LogP contribution in [-0.4, -0.2) is 90.3 Å². The average molecular weight is 683 g/mol. The van der Waals surface area contributed by atoms with Crippen LogP contribution in [0.2, 0.25) is 5.02 Å². The zero-order valence-electron chi connectivity index (χ0n) is 25.4. The van der Waals surface area contributed by atoms with E-state index >= 15 is 0 Å². The Bertz CT molecular complexity index is 1590. The number of hydrogen-bond donors (Lipinski definition) is 1. The minimum atomic E-state index is -0.993. The predicted molar refractivity (Wildman–Crippen MR) is 184 cm³/mol. The molecule has 242 valence electrons. The smallest absolute Gasteiger partial charge is 0.335 e. The first kappa shape index (κ1) is 33.7. The summed E-state index contributed by atoms with van der Waals surface area (Å²) in [5.74, 6) is 0.747. The first-order valence-corrected chi connectivity index (χ1v) is 16.6. The highest BCUT2D eigenvalue weighted by molar-refractivity contribution is 8.26. The molecule has 2 saturated heterocycles. The molecule has 0 aliphatic carbocycles. The molecule has 0 saturated carbocycles. The number of carbonyl (C=O) groups excluding carboxylic acids is 1. The number of amides is 1. The predicted octanol–water partition coefficient (Wildman–Crippen LogP) is 6.49. The summed E-state index contributed by atoms with van der Waals surface area (Å²) in [5, 5.41) is 9.62. The fourth-order valence-electron chi connectivity index (χ4n) is 5.00. The fourth-order valence-corrected chi connectivity index (χ4v) is 6.58. The van der Waals surface area contributed by atoms with E-state index in [4.69, 9.17) is 47.9 Å². The molecule has 3 aromatic carbocycles. The maximum Gasteiger partial charge on any atom is 0.335 e. The van der Waals surface area contributed by atoms with Gasteiger partial charge in [0.2, 0.25) is 0 Å². The van der Waals surface area contributed by atoms with Gasteiger partial charge < -0.3 is 24.1 Å². The van der Waals surface area contributed by atoms with Crippen LogP contribution in [0.25, 0.3) is 17.2 Å². The summed E-state index contributed by atoms with van der Waals surface area (Å²) in [6, 6.07) is 17.7. The number of thiocarbonyl (C=S) groups is 1. The maximum atomic E-state index is 13.5. The van der Waals surface area contributed by atoms with Crippen molar-refractivity contribution in [2.24, 2.45) is 0 Å². The second-order valence-electron chi connectivity index (χ2n) is 10.5. The van der Waals surface area contributed by atoms with E-state index in [0.29, 0.717) is 64.3 Å². The van der Waals surface area contributed by atoms with Crippen molar-refractivity contribution in [2.75, 3.05) is 59.2 Å². The van der Waals surface area contributed by atoms with Crippen LogP contribution in [0.5, 0.6) is 17.2 Å². The Morgan fingerprint density at radius 1 is 1.00 bits per heavy atom. The van der Waals surface area contributed by atoms with Crippen molar-refractivity contribution in [3.63, 3.8) is 0 Å². The molecule has 0 bridgehead atoms. The lowest BCUT2D eigenvalue weighted by Crippen LogP contribution is -2.38. The molecule has 0 aromatic heterocycles. The van der Waals surface area contributed by atoms with E-state index in [9.17, 15) is 9.59 Å². The van der Waals surface area contributed by atoms with Gasteiger partial charge in [-0.05, 0) is 79.6 Å². The molecule has 0 spiro atoms. The van der Waals surface area contributed by atoms with Crippen LogP contribution < -0.4 is 14.2 Å². The number of carboxylic acid groups (broad SMARTS) is 1. The van der Waals surface area contributed by atoms with Crippen molar-refractivity contribution < 1.29 is 33.6 Å². The Morgan fingerprint density at radius 2 is 1.76 bits per heavy atom. The molecular weight excluding hydrogens is 648 g/mol. The van der Waals surface area contributed by atoms with Crippen LogP contribution in [0.15, 0.2) is 65.6 Å². The Hall–Kier alpha value is -3.61. The summed E-state index contributed by atoms with van der Waals surface area (Å²) in [4.78, 5) is 28.9. The van der Waals surface area contributed by atoms with Gasteiger partial charge in [0.1, 0.15) is 28.2 Å². The van der Waals surface area contributed by atoms with Crippen LogP contribution in [0.1, 0.15) is 29.3 Å². The van der Waals surface area contributed by atoms with E-state index in [1.807, 2.05) is 43.3 Å². The van der Waals surface area contributed by atoms with Crippen molar-refractivity contribution in [3.05, 3.63) is 81.7 Å². The van der Waals surface area contributed by atoms with Crippen LogP contribution >= 0.6 is 35.6 Å². The number of rotatable bonds is 14. The van der Waals surface area contributed by atoms with E-state index in [1.54, 1.807) is 23.1 Å². The number of aromatic carboxylic acids is 1. The molecule has 5 rings (SSSR count). The van der Waals surface area contributed by atoms with E-state index in [-0.39, 0.29) is 11.5 Å². The van der Waals surface area contributed by atoms with Gasteiger partial charge in [-0.25, -0.2) is 4.79 Å². The molecule has 9 nitrogen and oxygen atoms in total. The molecule has 1 N–H and O–H groups in total. The summed E-state index contributed by atoms with van der Waals surface area (Å²) >= 11 is 13.5. The van der Waals surface area contributed by atoms with Gasteiger partial charge in [-0.1, -0.05) is 41.6 Å². The second-order valence-corrected chi connectivity index (χ2v) is 12.6.